The molecule has 0 radical (unpaired) electrons. The van der Waals surface area contributed by atoms with Gasteiger partial charge in [-0.25, -0.2) is 4.79 Å². The van der Waals surface area contributed by atoms with Crippen LogP contribution < -0.4 is 5.32 Å². The third kappa shape index (κ3) is 5.49. The first-order valence-electron chi connectivity index (χ1n) is 12.3. The summed E-state index contributed by atoms with van der Waals surface area (Å²) in [4.78, 5) is 42.4. The summed E-state index contributed by atoms with van der Waals surface area (Å²) in [5, 5.41) is 20.3. The lowest BCUT2D eigenvalue weighted by Crippen LogP contribution is -2.60. The van der Waals surface area contributed by atoms with Gasteiger partial charge in [0, 0.05) is 30.7 Å². The first kappa shape index (κ1) is 24.8. The van der Waals surface area contributed by atoms with E-state index in [4.69, 9.17) is 0 Å². The van der Waals surface area contributed by atoms with E-state index in [1.165, 1.54) is 4.90 Å². The summed E-state index contributed by atoms with van der Waals surface area (Å²) in [6.07, 6.45) is 4.58. The van der Waals surface area contributed by atoms with Gasteiger partial charge in [-0.2, -0.15) is 5.10 Å². The predicted octanol–water partition coefficient (Wildman–Crippen LogP) is 2.76. The molecule has 1 saturated heterocycles. The van der Waals surface area contributed by atoms with Crippen molar-refractivity contribution >= 4 is 17.9 Å². The fourth-order valence-electron chi connectivity index (χ4n) is 5.34. The van der Waals surface area contributed by atoms with E-state index in [-0.39, 0.29) is 24.3 Å². The van der Waals surface area contributed by atoms with Gasteiger partial charge in [-0.15, -0.1) is 0 Å². The normalized spacial score (nSPS) is 20.7. The van der Waals surface area contributed by atoms with Gasteiger partial charge in [0.05, 0.1) is 5.69 Å². The molecule has 3 amide bonds. The van der Waals surface area contributed by atoms with Crippen molar-refractivity contribution < 1.29 is 19.5 Å². The number of nitrogens with one attached hydrogen (secondary N) is 2. The van der Waals surface area contributed by atoms with Crippen molar-refractivity contribution in [2.24, 2.45) is 0 Å². The SMILES string of the molecule is CC(C)(C)N(C(=O)O)[C@H](Cc1ccccc1)C(=O)N1CCC[C@H]1C(=O)NC1CCc2n[nH]cc2C1. The number of aryl methyl sites for hydroxylation is 1. The van der Waals surface area contributed by atoms with Crippen LogP contribution in [0.2, 0.25) is 0 Å². The van der Waals surface area contributed by atoms with Gasteiger partial charge in [-0.1, -0.05) is 30.3 Å². The fraction of sp³-hybridized carbons (Fsp3) is 0.538. The molecule has 0 saturated carbocycles. The van der Waals surface area contributed by atoms with Gasteiger partial charge in [-0.05, 0) is 64.0 Å². The van der Waals surface area contributed by atoms with Crippen molar-refractivity contribution in [3.8, 4) is 0 Å². The second-order valence-corrected chi connectivity index (χ2v) is 10.5. The van der Waals surface area contributed by atoms with Crippen LogP contribution in [-0.2, 0) is 28.9 Å². The molecule has 1 aliphatic carbocycles. The minimum Gasteiger partial charge on any atom is -0.465 e. The number of nitrogens with zero attached hydrogens (tertiary/aromatic N) is 3. The minimum absolute atomic E-state index is 0.00430. The van der Waals surface area contributed by atoms with Crippen molar-refractivity contribution in [2.45, 2.75) is 83.0 Å². The first-order chi connectivity index (χ1) is 16.6. The molecule has 3 N–H and O–H groups in total. The molecule has 1 unspecified atom stereocenters. The number of amides is 3. The minimum atomic E-state index is -1.15. The zero-order valence-corrected chi connectivity index (χ0v) is 20.7. The number of carbonyl (C=O) groups is 3. The topological polar surface area (TPSA) is 119 Å². The Morgan fingerprint density at radius 3 is 2.66 bits per heavy atom. The Balaban J connectivity index is 1.53. The Kier molecular flexibility index (Phi) is 7.14. The number of carbonyl (C=O) groups excluding carboxylic acids is 2. The van der Waals surface area contributed by atoms with Gasteiger partial charge in [-0.3, -0.25) is 19.6 Å². The lowest BCUT2D eigenvalue weighted by atomic mass is 9.93. The molecular weight excluding hydrogens is 446 g/mol. The van der Waals surface area contributed by atoms with Crippen LogP contribution in [0.5, 0.6) is 0 Å². The average Bonchev–Trinajstić information content (AvgIpc) is 3.47. The number of benzene rings is 1. The van der Waals surface area contributed by atoms with Crippen LogP contribution in [-0.4, -0.2) is 73.2 Å². The summed E-state index contributed by atoms with van der Waals surface area (Å²) in [6.45, 7) is 5.80. The van der Waals surface area contributed by atoms with Crippen molar-refractivity contribution in [1.29, 1.82) is 0 Å². The Labute approximate surface area is 205 Å². The molecule has 0 spiro atoms. The van der Waals surface area contributed by atoms with Gasteiger partial charge in [0.25, 0.3) is 0 Å². The van der Waals surface area contributed by atoms with Gasteiger partial charge in [0.15, 0.2) is 0 Å². The van der Waals surface area contributed by atoms with Crippen molar-refractivity contribution in [1.82, 2.24) is 25.3 Å². The van der Waals surface area contributed by atoms with E-state index in [0.29, 0.717) is 25.8 Å². The molecule has 1 aromatic carbocycles. The van der Waals surface area contributed by atoms with Crippen LogP contribution in [0.4, 0.5) is 4.79 Å². The van der Waals surface area contributed by atoms with Crippen LogP contribution >= 0.6 is 0 Å². The Morgan fingerprint density at radius 2 is 1.97 bits per heavy atom. The smallest absolute Gasteiger partial charge is 0.408 e. The molecular formula is C26H35N5O4. The average molecular weight is 482 g/mol. The quantitative estimate of drug-likeness (QED) is 0.586. The monoisotopic (exact) mass is 481 g/mol. The third-order valence-corrected chi connectivity index (χ3v) is 6.99. The number of H-pyrrole nitrogens is 1. The zero-order valence-electron chi connectivity index (χ0n) is 20.7. The third-order valence-electron chi connectivity index (χ3n) is 6.99. The summed E-state index contributed by atoms with van der Waals surface area (Å²) in [6, 6.07) is 7.90. The van der Waals surface area contributed by atoms with E-state index in [9.17, 15) is 19.5 Å². The number of hydrogen-bond acceptors (Lipinski definition) is 4. The van der Waals surface area contributed by atoms with Gasteiger partial charge in [0.1, 0.15) is 12.1 Å². The zero-order chi connectivity index (χ0) is 25.2. The molecule has 35 heavy (non-hydrogen) atoms. The van der Waals surface area contributed by atoms with E-state index in [1.54, 1.807) is 25.7 Å². The number of hydrogen-bond donors (Lipinski definition) is 3. The Morgan fingerprint density at radius 1 is 1.23 bits per heavy atom. The molecule has 1 fully saturated rings. The first-order valence-corrected chi connectivity index (χ1v) is 12.3. The van der Waals surface area contributed by atoms with Gasteiger partial charge >= 0.3 is 6.09 Å². The molecule has 0 bridgehead atoms. The molecule has 1 aromatic heterocycles. The van der Waals surface area contributed by atoms with Crippen LogP contribution in [0.15, 0.2) is 36.5 Å². The van der Waals surface area contributed by atoms with Crippen LogP contribution in [0, 0.1) is 0 Å². The lowest BCUT2D eigenvalue weighted by molar-refractivity contribution is -0.143. The Bertz CT molecular complexity index is 1060. The highest BCUT2D eigenvalue weighted by atomic mass is 16.4. The number of carboxylic acid groups (broad SMARTS) is 1. The molecule has 1 aliphatic heterocycles. The molecule has 9 heteroatoms. The molecule has 3 atom stereocenters. The summed E-state index contributed by atoms with van der Waals surface area (Å²) < 4.78 is 0. The van der Waals surface area contributed by atoms with E-state index in [0.717, 1.165) is 29.7 Å². The second kappa shape index (κ2) is 10.1. The maximum atomic E-state index is 13.9. The number of fused-ring (bicyclic) bond motifs is 1. The highest BCUT2D eigenvalue weighted by Gasteiger charge is 2.44. The molecule has 2 aromatic rings. The molecule has 188 valence electrons. The number of likely N-dealkylation sites (tertiary alicyclic amines) is 1. The Hall–Kier alpha value is -3.36. The molecule has 4 rings (SSSR count). The van der Waals surface area contributed by atoms with E-state index < -0.39 is 23.7 Å². The highest BCUT2D eigenvalue weighted by Crippen LogP contribution is 2.27. The molecule has 9 nitrogen and oxygen atoms in total. The van der Waals surface area contributed by atoms with Crippen molar-refractivity contribution in [3.05, 3.63) is 53.3 Å². The predicted molar refractivity (Wildman–Crippen MR) is 131 cm³/mol. The maximum absolute atomic E-state index is 13.9. The van der Waals surface area contributed by atoms with Gasteiger partial charge in [0.2, 0.25) is 11.8 Å². The van der Waals surface area contributed by atoms with Gasteiger partial charge < -0.3 is 15.3 Å². The summed E-state index contributed by atoms with van der Waals surface area (Å²) in [5.41, 5.74) is 2.25. The maximum Gasteiger partial charge on any atom is 0.408 e. The molecule has 2 heterocycles. The summed E-state index contributed by atoms with van der Waals surface area (Å²) in [7, 11) is 0. The van der Waals surface area contributed by atoms with E-state index in [1.807, 2.05) is 36.5 Å². The van der Waals surface area contributed by atoms with E-state index >= 15 is 0 Å². The number of aromatic nitrogens is 2. The van der Waals surface area contributed by atoms with Crippen LogP contribution in [0.3, 0.4) is 0 Å². The van der Waals surface area contributed by atoms with Crippen molar-refractivity contribution in [3.63, 3.8) is 0 Å². The summed E-state index contributed by atoms with van der Waals surface area (Å²) >= 11 is 0. The fourth-order valence-corrected chi connectivity index (χ4v) is 5.34. The largest absolute Gasteiger partial charge is 0.465 e. The van der Waals surface area contributed by atoms with Crippen LogP contribution in [0.25, 0.3) is 0 Å². The number of rotatable bonds is 6. The number of aromatic amines is 1. The second-order valence-electron chi connectivity index (χ2n) is 10.5. The highest BCUT2D eigenvalue weighted by molar-refractivity contribution is 5.92. The molecule has 2 aliphatic rings. The standard InChI is InChI=1S/C26H35N5O4/c1-26(2,3)31(25(34)35)22(14-17-8-5-4-6-9-17)24(33)30-13-7-10-21(30)23(32)28-19-11-12-20-18(15-19)16-27-29-20/h4-6,8-9,16,19,21-22H,7,10-15H2,1-3H3,(H,27,29)(H,28,32)(H,34,35)/t19?,21-,22+/m0/s1. The summed E-state index contributed by atoms with van der Waals surface area (Å²) in [5.74, 6) is -0.478. The van der Waals surface area contributed by atoms with Crippen LogP contribution in [0.1, 0.15) is 56.9 Å². The van der Waals surface area contributed by atoms with E-state index in [2.05, 4.69) is 15.5 Å². The van der Waals surface area contributed by atoms with Crippen molar-refractivity contribution in [2.75, 3.05) is 6.54 Å². The lowest BCUT2D eigenvalue weighted by Gasteiger charge is -2.41.